The summed E-state index contributed by atoms with van der Waals surface area (Å²) in [7, 11) is -2.35. The lowest BCUT2D eigenvalue weighted by molar-refractivity contribution is 0.0957. The zero-order chi connectivity index (χ0) is 24.6. The molecule has 0 aliphatic heterocycles. The number of anilines is 1. The number of hydrogen-bond donors (Lipinski definition) is 1. The molecule has 34 heavy (non-hydrogen) atoms. The van der Waals surface area contributed by atoms with Crippen molar-refractivity contribution in [3.8, 4) is 22.5 Å². The highest BCUT2D eigenvalue weighted by Gasteiger charge is 2.26. The van der Waals surface area contributed by atoms with Crippen molar-refractivity contribution in [1.29, 1.82) is 0 Å². The number of fused-ring (bicyclic) bond motifs is 1. The number of amides is 1. The van der Waals surface area contributed by atoms with E-state index in [1.165, 1.54) is 55.6 Å². The van der Waals surface area contributed by atoms with Crippen LogP contribution in [0, 0.1) is 11.6 Å². The highest BCUT2D eigenvalue weighted by atomic mass is 32.2. The van der Waals surface area contributed by atoms with E-state index in [0.29, 0.717) is 17.5 Å². The van der Waals surface area contributed by atoms with Gasteiger partial charge in [-0.1, -0.05) is 18.2 Å². The van der Waals surface area contributed by atoms with Gasteiger partial charge in [0.1, 0.15) is 23.0 Å². The van der Waals surface area contributed by atoms with Crippen molar-refractivity contribution in [3.05, 3.63) is 77.9 Å². The fourth-order valence-electron chi connectivity index (χ4n) is 3.75. The number of furan rings is 1. The van der Waals surface area contributed by atoms with Crippen LogP contribution in [0.5, 0.6) is 0 Å². The molecule has 9 heteroatoms. The molecule has 0 aliphatic carbocycles. The average molecular weight is 485 g/mol. The summed E-state index contributed by atoms with van der Waals surface area (Å²) in [6.45, 7) is 2.12. The second-order valence-corrected chi connectivity index (χ2v) is 9.76. The maximum atomic E-state index is 14.8. The molecule has 0 spiro atoms. The van der Waals surface area contributed by atoms with E-state index in [2.05, 4.69) is 5.32 Å². The van der Waals surface area contributed by atoms with E-state index in [0.717, 1.165) is 10.6 Å². The Bertz CT molecular complexity index is 1500. The van der Waals surface area contributed by atoms with Crippen LogP contribution in [-0.2, 0) is 10.0 Å². The number of carbonyl (C=O) groups is 1. The quantitative estimate of drug-likeness (QED) is 0.409. The minimum atomic E-state index is -3.70. The largest absolute Gasteiger partial charge is 0.455 e. The van der Waals surface area contributed by atoms with Gasteiger partial charge < -0.3 is 9.73 Å². The first-order chi connectivity index (χ1) is 16.1. The Morgan fingerprint density at radius 1 is 1.03 bits per heavy atom. The zero-order valence-electron chi connectivity index (χ0n) is 18.7. The minimum absolute atomic E-state index is 0.168. The SMILES string of the molecule is CCNC(=O)c1c(-c2ccc(F)cc2)oc2cc(N(C)S(C)(=O)=O)c(-c3ccccc3F)cc12. The van der Waals surface area contributed by atoms with Gasteiger partial charge in [0.25, 0.3) is 5.91 Å². The van der Waals surface area contributed by atoms with Crippen molar-refractivity contribution < 1.29 is 26.4 Å². The Morgan fingerprint density at radius 2 is 1.71 bits per heavy atom. The van der Waals surface area contributed by atoms with Crippen LogP contribution in [-0.4, -0.2) is 34.2 Å². The maximum Gasteiger partial charge on any atom is 0.255 e. The molecule has 1 heterocycles. The summed E-state index contributed by atoms with van der Waals surface area (Å²) < 4.78 is 60.1. The van der Waals surface area contributed by atoms with Gasteiger partial charge in [0, 0.05) is 41.7 Å². The predicted octanol–water partition coefficient (Wildman–Crippen LogP) is 5.19. The Kier molecular flexibility index (Phi) is 6.14. The molecule has 0 radical (unpaired) electrons. The van der Waals surface area contributed by atoms with Crippen LogP contribution >= 0.6 is 0 Å². The Hall–Kier alpha value is -3.72. The van der Waals surface area contributed by atoms with Crippen LogP contribution in [0.2, 0.25) is 0 Å². The molecule has 1 N–H and O–H groups in total. The molecule has 1 aromatic heterocycles. The van der Waals surface area contributed by atoms with E-state index in [-0.39, 0.29) is 33.7 Å². The predicted molar refractivity (Wildman–Crippen MR) is 128 cm³/mol. The molecule has 176 valence electrons. The highest BCUT2D eigenvalue weighted by Crippen LogP contribution is 2.41. The van der Waals surface area contributed by atoms with Gasteiger partial charge >= 0.3 is 0 Å². The fraction of sp³-hybridized carbons (Fsp3) is 0.160. The standard InChI is InChI=1S/C25H22F2N2O4S/c1-4-28-25(30)23-19-13-18(17-7-5-6-8-20(17)27)21(29(2)34(3,31)32)14-22(19)33-24(23)15-9-11-16(26)12-10-15/h5-14H,4H2,1-3H3,(H,28,30). The third kappa shape index (κ3) is 4.26. The molecule has 3 aromatic carbocycles. The summed E-state index contributed by atoms with van der Waals surface area (Å²) >= 11 is 0. The highest BCUT2D eigenvalue weighted by molar-refractivity contribution is 7.92. The number of nitrogens with one attached hydrogen (secondary N) is 1. The van der Waals surface area contributed by atoms with Gasteiger partial charge in [-0.15, -0.1) is 0 Å². The van der Waals surface area contributed by atoms with E-state index in [9.17, 15) is 22.0 Å². The van der Waals surface area contributed by atoms with Gasteiger partial charge in [-0.25, -0.2) is 17.2 Å². The van der Waals surface area contributed by atoms with Gasteiger partial charge in [-0.2, -0.15) is 0 Å². The molecule has 0 saturated heterocycles. The van der Waals surface area contributed by atoms with Crippen molar-refractivity contribution in [3.63, 3.8) is 0 Å². The van der Waals surface area contributed by atoms with E-state index in [4.69, 9.17) is 4.42 Å². The van der Waals surface area contributed by atoms with Gasteiger partial charge in [0.2, 0.25) is 10.0 Å². The van der Waals surface area contributed by atoms with E-state index in [1.807, 2.05) is 0 Å². The third-order valence-electron chi connectivity index (χ3n) is 5.48. The second kappa shape index (κ2) is 8.90. The molecule has 6 nitrogen and oxygen atoms in total. The Labute approximate surface area is 195 Å². The number of carbonyl (C=O) groups excluding carboxylic acids is 1. The average Bonchev–Trinajstić information content (AvgIpc) is 3.16. The van der Waals surface area contributed by atoms with Crippen molar-refractivity contribution in [2.24, 2.45) is 0 Å². The minimum Gasteiger partial charge on any atom is -0.455 e. The molecule has 0 fully saturated rings. The maximum absolute atomic E-state index is 14.8. The molecule has 0 bridgehead atoms. The number of benzene rings is 3. The molecule has 0 unspecified atom stereocenters. The van der Waals surface area contributed by atoms with Crippen LogP contribution in [0.15, 0.2) is 65.1 Å². The van der Waals surface area contributed by atoms with Gasteiger partial charge in [-0.3, -0.25) is 9.10 Å². The van der Waals surface area contributed by atoms with Crippen LogP contribution in [0.1, 0.15) is 17.3 Å². The lowest BCUT2D eigenvalue weighted by Crippen LogP contribution is -2.25. The second-order valence-electron chi connectivity index (χ2n) is 7.75. The number of nitrogens with zero attached hydrogens (tertiary/aromatic N) is 1. The first-order valence-electron chi connectivity index (χ1n) is 10.4. The molecule has 0 atom stereocenters. The van der Waals surface area contributed by atoms with E-state index < -0.39 is 27.6 Å². The summed E-state index contributed by atoms with van der Waals surface area (Å²) in [5.41, 5.74) is 1.50. The molecule has 4 aromatic rings. The number of hydrogen-bond acceptors (Lipinski definition) is 4. The molecule has 0 aliphatic rings. The number of rotatable bonds is 6. The van der Waals surface area contributed by atoms with Crippen LogP contribution in [0.25, 0.3) is 33.4 Å². The first-order valence-corrected chi connectivity index (χ1v) is 12.3. The van der Waals surface area contributed by atoms with Crippen molar-refractivity contribution in [1.82, 2.24) is 5.32 Å². The molecule has 4 rings (SSSR count). The zero-order valence-corrected chi connectivity index (χ0v) is 19.5. The summed E-state index contributed by atoms with van der Waals surface area (Å²) in [5, 5.41) is 3.11. The lowest BCUT2D eigenvalue weighted by atomic mass is 9.98. The molecular weight excluding hydrogens is 462 g/mol. The van der Waals surface area contributed by atoms with Gasteiger partial charge in [-0.05, 0) is 43.3 Å². The monoisotopic (exact) mass is 484 g/mol. The Balaban J connectivity index is 2.09. The Morgan fingerprint density at radius 3 is 2.32 bits per heavy atom. The smallest absolute Gasteiger partial charge is 0.255 e. The van der Waals surface area contributed by atoms with Gasteiger partial charge in [0.05, 0.1) is 17.5 Å². The molecule has 1 amide bonds. The molecule has 0 saturated carbocycles. The van der Waals surface area contributed by atoms with E-state index in [1.54, 1.807) is 19.1 Å². The third-order valence-corrected chi connectivity index (χ3v) is 6.67. The van der Waals surface area contributed by atoms with Crippen molar-refractivity contribution in [2.45, 2.75) is 6.92 Å². The van der Waals surface area contributed by atoms with E-state index >= 15 is 0 Å². The van der Waals surface area contributed by atoms with Crippen LogP contribution in [0.3, 0.4) is 0 Å². The summed E-state index contributed by atoms with van der Waals surface area (Å²) in [5.74, 6) is -1.23. The van der Waals surface area contributed by atoms with Crippen molar-refractivity contribution in [2.75, 3.05) is 24.2 Å². The van der Waals surface area contributed by atoms with Gasteiger partial charge in [0.15, 0.2) is 0 Å². The summed E-state index contributed by atoms with van der Waals surface area (Å²) in [4.78, 5) is 13.0. The van der Waals surface area contributed by atoms with Crippen LogP contribution in [0.4, 0.5) is 14.5 Å². The normalized spacial score (nSPS) is 11.6. The van der Waals surface area contributed by atoms with Crippen LogP contribution < -0.4 is 9.62 Å². The topological polar surface area (TPSA) is 79.6 Å². The number of sulfonamides is 1. The fourth-order valence-corrected chi connectivity index (χ4v) is 4.25. The summed E-state index contributed by atoms with van der Waals surface area (Å²) in [6.07, 6.45) is 1.04. The number of halogens is 2. The molecular formula is C25H22F2N2O4S. The first kappa shape index (κ1) is 23.4. The lowest BCUT2D eigenvalue weighted by Gasteiger charge is -2.21. The summed E-state index contributed by atoms with van der Waals surface area (Å²) in [6, 6.07) is 14.4. The van der Waals surface area contributed by atoms with Crippen molar-refractivity contribution >= 4 is 32.6 Å².